The van der Waals surface area contributed by atoms with Gasteiger partial charge in [0.2, 0.25) is 0 Å². The zero-order valence-corrected chi connectivity index (χ0v) is 9.37. The zero-order valence-electron chi connectivity index (χ0n) is 5.50. The molecule has 0 aliphatic rings. The van der Waals surface area contributed by atoms with Crippen LogP contribution in [0.3, 0.4) is 0 Å². The Kier molecular flexibility index (Phi) is 5.07. The molecular weight excluding hydrogens is 307 g/mol. The molecule has 0 amide bonds. The zero-order chi connectivity index (χ0) is 6.69. The monoisotopic (exact) mass is 314 g/mol. The Bertz CT molecular complexity index is 203. The third-order valence-corrected chi connectivity index (χ3v) is 1.70. The summed E-state index contributed by atoms with van der Waals surface area (Å²) in [6.07, 6.45) is 0. The van der Waals surface area contributed by atoms with Gasteiger partial charge in [-0.15, -0.1) is 17.0 Å². The molecule has 0 spiro atoms. The maximum absolute atomic E-state index is 4.99. The highest BCUT2D eigenvalue weighted by molar-refractivity contribution is 14.1. The van der Waals surface area contributed by atoms with Crippen LogP contribution < -0.4 is 4.74 Å². The number of hydrogen-bond donors (Lipinski definition) is 0. The molecule has 1 rings (SSSR count). The smallest absolute Gasteiger partial charge is 0.119 e. The molecule has 1 aromatic carbocycles. The average Bonchev–Trinajstić information content (AvgIpc) is 1.88. The van der Waals surface area contributed by atoms with E-state index in [-0.39, 0.29) is 17.0 Å². The fourth-order valence-corrected chi connectivity index (χ4v) is 1.11. The van der Waals surface area contributed by atoms with Crippen molar-refractivity contribution in [1.82, 2.24) is 0 Å². The Morgan fingerprint density at radius 1 is 1.40 bits per heavy atom. The summed E-state index contributed by atoms with van der Waals surface area (Å²) in [5.74, 6) is 0.918. The van der Waals surface area contributed by atoms with Gasteiger partial charge >= 0.3 is 0 Å². The van der Waals surface area contributed by atoms with Crippen LogP contribution in [-0.4, -0.2) is 7.11 Å². The van der Waals surface area contributed by atoms with E-state index in [1.54, 1.807) is 7.11 Å². The Labute approximate surface area is 84.7 Å². The predicted octanol–water partition coefficient (Wildman–Crippen LogP) is 2.88. The average molecular weight is 315 g/mol. The van der Waals surface area contributed by atoms with Gasteiger partial charge in [0.25, 0.3) is 0 Å². The van der Waals surface area contributed by atoms with E-state index < -0.39 is 0 Å². The van der Waals surface area contributed by atoms with Gasteiger partial charge in [-0.25, -0.2) is 0 Å². The fraction of sp³-hybridized carbons (Fsp3) is 0.143. The lowest BCUT2D eigenvalue weighted by Gasteiger charge is -1.96. The van der Waals surface area contributed by atoms with Crippen molar-refractivity contribution in [1.29, 1.82) is 0 Å². The van der Waals surface area contributed by atoms with E-state index in [9.17, 15) is 0 Å². The topological polar surface area (TPSA) is 9.23 Å². The van der Waals surface area contributed by atoms with Crippen molar-refractivity contribution in [3.63, 3.8) is 0 Å². The molecule has 0 saturated heterocycles. The van der Waals surface area contributed by atoms with Gasteiger partial charge in [-0.2, -0.15) is 0 Å². The fourth-order valence-electron chi connectivity index (χ4n) is 0.594. The van der Waals surface area contributed by atoms with Gasteiger partial charge in [0.1, 0.15) is 5.75 Å². The van der Waals surface area contributed by atoms with Crippen molar-refractivity contribution < 1.29 is 4.74 Å². The summed E-state index contributed by atoms with van der Waals surface area (Å²) in [7, 11) is 1.67. The molecule has 0 heterocycles. The lowest BCUT2D eigenvalue weighted by atomic mass is 10.3. The SMILES string of the molecule is Br.COc1cccc(I)c1. The molecule has 0 fully saturated rings. The molecule has 0 aliphatic carbocycles. The molecule has 0 aliphatic heterocycles. The van der Waals surface area contributed by atoms with Crippen LogP contribution in [-0.2, 0) is 0 Å². The van der Waals surface area contributed by atoms with Crippen molar-refractivity contribution in [2.45, 2.75) is 0 Å². The van der Waals surface area contributed by atoms with Crippen LogP contribution in [0, 0.1) is 3.57 Å². The van der Waals surface area contributed by atoms with E-state index in [2.05, 4.69) is 22.6 Å². The highest BCUT2D eigenvalue weighted by atomic mass is 127. The number of ether oxygens (including phenoxy) is 1. The third kappa shape index (κ3) is 2.88. The number of halogens is 2. The summed E-state index contributed by atoms with van der Waals surface area (Å²) in [5.41, 5.74) is 0. The molecule has 0 bridgehead atoms. The molecule has 0 unspecified atom stereocenters. The quantitative estimate of drug-likeness (QED) is 0.724. The summed E-state index contributed by atoms with van der Waals surface area (Å²) in [4.78, 5) is 0. The molecule has 0 saturated carbocycles. The Morgan fingerprint density at radius 3 is 2.50 bits per heavy atom. The summed E-state index contributed by atoms with van der Waals surface area (Å²) in [6, 6.07) is 7.92. The largest absolute Gasteiger partial charge is 0.497 e. The highest BCUT2D eigenvalue weighted by Gasteiger charge is 1.88. The molecule has 0 aromatic heterocycles. The third-order valence-electron chi connectivity index (χ3n) is 1.03. The lowest BCUT2D eigenvalue weighted by molar-refractivity contribution is 0.414. The van der Waals surface area contributed by atoms with E-state index in [0.717, 1.165) is 5.75 Å². The second kappa shape index (κ2) is 4.96. The van der Waals surface area contributed by atoms with Crippen molar-refractivity contribution in [2.75, 3.05) is 7.11 Å². The molecule has 1 nitrogen and oxygen atoms in total. The summed E-state index contributed by atoms with van der Waals surface area (Å²) < 4.78 is 6.19. The van der Waals surface area contributed by atoms with Crippen molar-refractivity contribution in [3.05, 3.63) is 27.8 Å². The van der Waals surface area contributed by atoms with E-state index >= 15 is 0 Å². The minimum atomic E-state index is 0. The minimum absolute atomic E-state index is 0. The van der Waals surface area contributed by atoms with Gasteiger partial charge < -0.3 is 4.74 Å². The van der Waals surface area contributed by atoms with Gasteiger partial charge in [0, 0.05) is 3.57 Å². The van der Waals surface area contributed by atoms with Crippen LogP contribution >= 0.6 is 39.6 Å². The van der Waals surface area contributed by atoms with Gasteiger partial charge in [0.15, 0.2) is 0 Å². The van der Waals surface area contributed by atoms with E-state index in [0.29, 0.717) is 0 Å². The van der Waals surface area contributed by atoms with Gasteiger partial charge in [-0.1, -0.05) is 6.07 Å². The molecule has 10 heavy (non-hydrogen) atoms. The first-order valence-corrected chi connectivity index (χ1v) is 3.70. The molecule has 3 heteroatoms. The number of hydrogen-bond acceptors (Lipinski definition) is 1. The molecule has 1 aromatic rings. The van der Waals surface area contributed by atoms with Crippen LogP contribution in [0.15, 0.2) is 24.3 Å². The highest BCUT2D eigenvalue weighted by Crippen LogP contribution is 2.13. The summed E-state index contributed by atoms with van der Waals surface area (Å²) in [6.45, 7) is 0. The maximum atomic E-state index is 4.99. The first-order chi connectivity index (χ1) is 4.33. The number of benzene rings is 1. The van der Waals surface area contributed by atoms with Gasteiger partial charge in [-0.05, 0) is 40.8 Å². The van der Waals surface area contributed by atoms with Crippen LogP contribution in [0.5, 0.6) is 5.75 Å². The molecule has 0 N–H and O–H groups in total. The van der Waals surface area contributed by atoms with Crippen LogP contribution in [0.1, 0.15) is 0 Å². The lowest BCUT2D eigenvalue weighted by Crippen LogP contribution is -1.81. The van der Waals surface area contributed by atoms with E-state index in [1.165, 1.54) is 3.57 Å². The number of rotatable bonds is 1. The Morgan fingerprint density at radius 2 is 2.10 bits per heavy atom. The normalized spacial score (nSPS) is 8.20. The van der Waals surface area contributed by atoms with Crippen LogP contribution in [0.4, 0.5) is 0 Å². The van der Waals surface area contributed by atoms with Crippen LogP contribution in [0.25, 0.3) is 0 Å². The number of methoxy groups -OCH3 is 1. The first-order valence-electron chi connectivity index (χ1n) is 2.62. The summed E-state index contributed by atoms with van der Waals surface area (Å²) in [5, 5.41) is 0. The van der Waals surface area contributed by atoms with Crippen molar-refractivity contribution >= 4 is 39.6 Å². The molecule has 0 radical (unpaired) electrons. The molecular formula is C7H8BrIO. The van der Waals surface area contributed by atoms with E-state index in [1.807, 2.05) is 24.3 Å². The minimum Gasteiger partial charge on any atom is -0.497 e. The van der Waals surface area contributed by atoms with Crippen molar-refractivity contribution in [2.24, 2.45) is 0 Å². The van der Waals surface area contributed by atoms with Crippen molar-refractivity contribution in [3.8, 4) is 5.75 Å². The second-order valence-electron chi connectivity index (χ2n) is 1.66. The first kappa shape index (κ1) is 10.2. The predicted molar refractivity (Wildman–Crippen MR) is 56.0 cm³/mol. The summed E-state index contributed by atoms with van der Waals surface area (Å²) >= 11 is 2.25. The maximum Gasteiger partial charge on any atom is 0.119 e. The Hall–Kier alpha value is 0.230. The molecule has 0 atom stereocenters. The standard InChI is InChI=1S/C7H7IO.BrH/c1-9-7-4-2-3-6(8)5-7;/h2-5H,1H3;1H. The van der Waals surface area contributed by atoms with Gasteiger partial charge in [-0.3, -0.25) is 0 Å². The molecule has 56 valence electrons. The Balaban J connectivity index is 0.000000810. The van der Waals surface area contributed by atoms with Gasteiger partial charge in [0.05, 0.1) is 7.11 Å². The second-order valence-corrected chi connectivity index (χ2v) is 2.91. The van der Waals surface area contributed by atoms with Crippen LogP contribution in [0.2, 0.25) is 0 Å². The van der Waals surface area contributed by atoms with E-state index in [4.69, 9.17) is 4.74 Å².